The zero-order chi connectivity index (χ0) is 17.9. The van der Waals surface area contributed by atoms with Gasteiger partial charge >= 0.3 is 0 Å². The average molecular weight is 332 g/mol. The second kappa shape index (κ2) is 7.97. The van der Waals surface area contributed by atoms with Crippen molar-refractivity contribution in [3.05, 3.63) is 22.9 Å². The fraction of sp³-hybridized carbons (Fsp3) is 0.684. The van der Waals surface area contributed by atoms with Crippen molar-refractivity contribution >= 4 is 11.7 Å². The first-order valence-corrected chi connectivity index (χ1v) is 9.01. The van der Waals surface area contributed by atoms with E-state index in [1.807, 2.05) is 0 Å². The highest BCUT2D eigenvalue weighted by Gasteiger charge is 2.22. The Hall–Kier alpha value is -1.62. The summed E-state index contributed by atoms with van der Waals surface area (Å²) < 4.78 is 0. The van der Waals surface area contributed by atoms with Crippen molar-refractivity contribution < 1.29 is 4.79 Å². The van der Waals surface area contributed by atoms with Crippen LogP contribution in [0, 0.1) is 5.92 Å². The number of fused-ring (bicyclic) bond motifs is 1. The van der Waals surface area contributed by atoms with E-state index in [1.54, 1.807) is 19.0 Å². The van der Waals surface area contributed by atoms with Gasteiger partial charge in [-0.05, 0) is 37.8 Å². The predicted octanol–water partition coefficient (Wildman–Crippen LogP) is 2.66. The first kappa shape index (κ1) is 18.7. The minimum atomic E-state index is 0.0109. The van der Waals surface area contributed by atoms with Crippen molar-refractivity contribution in [3.8, 4) is 0 Å². The molecule has 1 aromatic heterocycles. The molecule has 1 aliphatic rings. The quantitative estimate of drug-likeness (QED) is 0.900. The smallest absolute Gasteiger partial charge is 0.257 e. The molecule has 24 heavy (non-hydrogen) atoms. The first-order chi connectivity index (χ1) is 11.3. The van der Waals surface area contributed by atoms with Crippen molar-refractivity contribution in [2.24, 2.45) is 5.92 Å². The third-order valence-electron chi connectivity index (χ3n) is 4.24. The zero-order valence-electron chi connectivity index (χ0n) is 16.0. The van der Waals surface area contributed by atoms with Crippen LogP contribution in [-0.4, -0.2) is 60.5 Å². The maximum Gasteiger partial charge on any atom is 0.257 e. The van der Waals surface area contributed by atoms with E-state index in [2.05, 4.69) is 44.0 Å². The Morgan fingerprint density at radius 2 is 1.92 bits per heavy atom. The van der Waals surface area contributed by atoms with Gasteiger partial charge < -0.3 is 15.1 Å². The standard InChI is InChI=1S/C19H32N4O/c1-13(2)12-23-9-7-15-11-16(19(24)22(5)6)18(20-14(3)4)21-17(15)8-10-23/h11,13-14H,7-10,12H2,1-6H3,(H,20,21). The third-order valence-corrected chi connectivity index (χ3v) is 4.24. The van der Waals surface area contributed by atoms with Gasteiger partial charge in [0.05, 0.1) is 5.56 Å². The van der Waals surface area contributed by atoms with Gasteiger partial charge in [0.15, 0.2) is 0 Å². The Labute approximate surface area is 146 Å². The van der Waals surface area contributed by atoms with Gasteiger partial charge in [-0.2, -0.15) is 0 Å². The van der Waals surface area contributed by atoms with E-state index >= 15 is 0 Å². The van der Waals surface area contributed by atoms with Crippen LogP contribution < -0.4 is 5.32 Å². The maximum absolute atomic E-state index is 12.6. The molecule has 0 unspecified atom stereocenters. The second-order valence-electron chi connectivity index (χ2n) is 7.68. The van der Waals surface area contributed by atoms with E-state index in [0.717, 1.165) is 44.0 Å². The summed E-state index contributed by atoms with van der Waals surface area (Å²) in [5, 5.41) is 3.35. The molecule has 0 radical (unpaired) electrons. The molecule has 2 heterocycles. The van der Waals surface area contributed by atoms with Crippen LogP contribution in [0.1, 0.15) is 49.3 Å². The number of aromatic nitrogens is 1. The zero-order valence-corrected chi connectivity index (χ0v) is 16.0. The van der Waals surface area contributed by atoms with Crippen LogP contribution in [0.25, 0.3) is 0 Å². The molecule has 0 atom stereocenters. The van der Waals surface area contributed by atoms with Crippen LogP contribution in [-0.2, 0) is 12.8 Å². The average Bonchev–Trinajstić information content (AvgIpc) is 2.67. The number of anilines is 1. The Balaban J connectivity index is 2.32. The number of rotatable bonds is 5. The Kier molecular flexibility index (Phi) is 6.21. The SMILES string of the molecule is CC(C)CN1CCc2cc(C(=O)N(C)C)c(NC(C)C)nc2CC1. The largest absolute Gasteiger partial charge is 0.367 e. The molecule has 5 heteroatoms. The van der Waals surface area contributed by atoms with E-state index in [1.165, 1.54) is 5.56 Å². The topological polar surface area (TPSA) is 48.5 Å². The Morgan fingerprint density at radius 3 is 2.50 bits per heavy atom. The van der Waals surface area contributed by atoms with Crippen LogP contribution in [0.2, 0.25) is 0 Å². The highest BCUT2D eigenvalue weighted by atomic mass is 16.2. The van der Waals surface area contributed by atoms with Gasteiger partial charge in [-0.25, -0.2) is 4.98 Å². The van der Waals surface area contributed by atoms with Crippen molar-refractivity contribution in [1.82, 2.24) is 14.8 Å². The maximum atomic E-state index is 12.6. The van der Waals surface area contributed by atoms with Crippen LogP contribution in [0.3, 0.4) is 0 Å². The fourth-order valence-electron chi connectivity index (χ4n) is 3.17. The van der Waals surface area contributed by atoms with Crippen LogP contribution in [0.5, 0.6) is 0 Å². The minimum Gasteiger partial charge on any atom is -0.367 e. The number of carbonyl (C=O) groups excluding carboxylic acids is 1. The number of nitrogens with one attached hydrogen (secondary N) is 1. The first-order valence-electron chi connectivity index (χ1n) is 9.01. The molecule has 0 aromatic carbocycles. The molecule has 0 aliphatic carbocycles. The molecule has 0 fully saturated rings. The molecule has 0 saturated heterocycles. The number of nitrogens with zero attached hydrogens (tertiary/aromatic N) is 3. The summed E-state index contributed by atoms with van der Waals surface area (Å²) in [6, 6.07) is 2.31. The van der Waals surface area contributed by atoms with E-state index < -0.39 is 0 Å². The molecule has 134 valence electrons. The molecule has 0 bridgehead atoms. The van der Waals surface area contributed by atoms with E-state index in [4.69, 9.17) is 4.98 Å². The lowest BCUT2D eigenvalue weighted by Gasteiger charge is -2.21. The number of hydrogen-bond donors (Lipinski definition) is 1. The van der Waals surface area contributed by atoms with Crippen molar-refractivity contribution in [2.75, 3.05) is 39.0 Å². The van der Waals surface area contributed by atoms with E-state index in [9.17, 15) is 4.79 Å². The van der Waals surface area contributed by atoms with Gasteiger partial charge in [-0.1, -0.05) is 13.8 Å². The summed E-state index contributed by atoms with van der Waals surface area (Å²) in [6.45, 7) is 11.9. The van der Waals surface area contributed by atoms with Gasteiger partial charge in [-0.3, -0.25) is 4.79 Å². The van der Waals surface area contributed by atoms with Gasteiger partial charge in [0, 0.05) is 51.9 Å². The highest BCUT2D eigenvalue weighted by Crippen LogP contribution is 2.23. The minimum absolute atomic E-state index is 0.0109. The van der Waals surface area contributed by atoms with Crippen LogP contribution in [0.4, 0.5) is 5.82 Å². The molecule has 2 rings (SSSR count). The molecule has 0 spiro atoms. The summed E-state index contributed by atoms with van der Waals surface area (Å²) in [7, 11) is 3.58. The summed E-state index contributed by atoms with van der Waals surface area (Å²) in [5.74, 6) is 1.40. The molecule has 1 aromatic rings. The monoisotopic (exact) mass is 332 g/mol. The number of hydrogen-bond acceptors (Lipinski definition) is 4. The normalized spacial score (nSPS) is 15.3. The number of amides is 1. The van der Waals surface area contributed by atoms with Gasteiger partial charge in [0.1, 0.15) is 5.82 Å². The number of pyridine rings is 1. The third kappa shape index (κ3) is 4.69. The van der Waals surface area contributed by atoms with Gasteiger partial charge in [0.2, 0.25) is 0 Å². The molecule has 1 amide bonds. The molecule has 1 N–H and O–H groups in total. The van der Waals surface area contributed by atoms with E-state index in [-0.39, 0.29) is 11.9 Å². The predicted molar refractivity (Wildman–Crippen MR) is 99.7 cm³/mol. The Morgan fingerprint density at radius 1 is 1.25 bits per heavy atom. The molecule has 0 saturated carbocycles. The summed E-state index contributed by atoms with van der Waals surface area (Å²) in [5.41, 5.74) is 3.05. The van der Waals surface area contributed by atoms with Crippen LogP contribution in [0.15, 0.2) is 6.07 Å². The molecule has 5 nitrogen and oxygen atoms in total. The lowest BCUT2D eigenvalue weighted by Crippen LogP contribution is -2.30. The summed E-state index contributed by atoms with van der Waals surface area (Å²) in [4.78, 5) is 21.5. The fourth-order valence-corrected chi connectivity index (χ4v) is 3.17. The van der Waals surface area contributed by atoms with Gasteiger partial charge in [0.25, 0.3) is 5.91 Å². The lowest BCUT2D eigenvalue weighted by atomic mass is 10.0. The lowest BCUT2D eigenvalue weighted by molar-refractivity contribution is 0.0828. The van der Waals surface area contributed by atoms with E-state index in [0.29, 0.717) is 11.5 Å². The Bertz CT molecular complexity index is 581. The summed E-state index contributed by atoms with van der Waals surface area (Å²) >= 11 is 0. The van der Waals surface area contributed by atoms with Gasteiger partial charge in [-0.15, -0.1) is 0 Å². The van der Waals surface area contributed by atoms with Crippen LogP contribution >= 0.6 is 0 Å². The molecular weight excluding hydrogens is 300 g/mol. The highest BCUT2D eigenvalue weighted by molar-refractivity contribution is 5.98. The van der Waals surface area contributed by atoms with Crippen molar-refractivity contribution in [3.63, 3.8) is 0 Å². The number of carbonyl (C=O) groups is 1. The van der Waals surface area contributed by atoms with Crippen molar-refractivity contribution in [1.29, 1.82) is 0 Å². The molecule has 1 aliphatic heterocycles. The molecular formula is C19H32N4O. The second-order valence-corrected chi connectivity index (χ2v) is 7.68. The summed E-state index contributed by atoms with van der Waals surface area (Å²) in [6.07, 6.45) is 1.91. The van der Waals surface area contributed by atoms with Crippen molar-refractivity contribution in [2.45, 2.75) is 46.6 Å².